The van der Waals surface area contributed by atoms with Gasteiger partial charge in [-0.05, 0) is 36.2 Å². The van der Waals surface area contributed by atoms with Crippen LogP contribution in [0.3, 0.4) is 0 Å². The van der Waals surface area contributed by atoms with Gasteiger partial charge in [0.25, 0.3) is 11.6 Å². The zero-order valence-electron chi connectivity index (χ0n) is 13.7. The van der Waals surface area contributed by atoms with E-state index in [4.69, 9.17) is 0 Å². The number of anilines is 1. The van der Waals surface area contributed by atoms with Crippen LogP contribution in [0.15, 0.2) is 48.7 Å². The molecule has 0 bridgehead atoms. The number of hydrogen-bond donors (Lipinski definition) is 1. The van der Waals surface area contributed by atoms with Crippen molar-refractivity contribution in [1.82, 2.24) is 4.98 Å². The Labute approximate surface area is 152 Å². The highest BCUT2D eigenvalue weighted by atomic mass is 32.1. The molecule has 0 atom stereocenters. The Bertz CT molecular complexity index is 970. The predicted octanol–water partition coefficient (Wildman–Crippen LogP) is 4.34. The fourth-order valence-electron chi connectivity index (χ4n) is 2.30. The summed E-state index contributed by atoms with van der Waals surface area (Å²) >= 11 is 1.30. The van der Waals surface area contributed by atoms with Crippen LogP contribution in [0.25, 0.3) is 0 Å². The van der Waals surface area contributed by atoms with E-state index in [0.29, 0.717) is 22.7 Å². The number of halogens is 1. The highest BCUT2D eigenvalue weighted by molar-refractivity contribution is 7.15. The number of amides is 1. The lowest BCUT2D eigenvalue weighted by Gasteiger charge is -2.02. The number of non-ortho nitro benzene ring substituents is 1. The number of carbonyl (C=O) groups is 1. The number of nitrogens with one attached hydrogen (secondary N) is 1. The average Bonchev–Trinajstić information content (AvgIpc) is 3.05. The zero-order valence-corrected chi connectivity index (χ0v) is 14.5. The average molecular weight is 371 g/mol. The maximum absolute atomic E-state index is 13.6. The van der Waals surface area contributed by atoms with E-state index in [9.17, 15) is 19.3 Å². The molecule has 132 valence electrons. The molecule has 26 heavy (non-hydrogen) atoms. The van der Waals surface area contributed by atoms with Gasteiger partial charge >= 0.3 is 0 Å². The van der Waals surface area contributed by atoms with Crippen LogP contribution >= 0.6 is 11.3 Å². The molecular weight excluding hydrogens is 357 g/mol. The molecule has 3 aromatic rings. The minimum absolute atomic E-state index is 0.0802. The Kier molecular flexibility index (Phi) is 5.04. The van der Waals surface area contributed by atoms with E-state index in [1.165, 1.54) is 41.7 Å². The van der Waals surface area contributed by atoms with Gasteiger partial charge in [0.1, 0.15) is 5.82 Å². The fraction of sp³-hybridized carbons (Fsp3) is 0.111. The van der Waals surface area contributed by atoms with Crippen LogP contribution in [0.4, 0.5) is 15.2 Å². The molecule has 0 aliphatic heterocycles. The van der Waals surface area contributed by atoms with E-state index in [2.05, 4.69) is 10.3 Å². The molecule has 0 spiro atoms. The largest absolute Gasteiger partial charge is 0.298 e. The summed E-state index contributed by atoms with van der Waals surface area (Å²) in [6.45, 7) is 1.71. The predicted molar refractivity (Wildman–Crippen MR) is 97.1 cm³/mol. The van der Waals surface area contributed by atoms with Crippen molar-refractivity contribution < 1.29 is 14.1 Å². The molecule has 6 nitrogen and oxygen atoms in total. The second kappa shape index (κ2) is 7.40. The molecule has 0 fully saturated rings. The molecule has 1 amide bonds. The number of thiazole rings is 1. The van der Waals surface area contributed by atoms with Crippen molar-refractivity contribution in [3.05, 3.63) is 86.2 Å². The minimum Gasteiger partial charge on any atom is -0.298 e. The summed E-state index contributed by atoms with van der Waals surface area (Å²) < 4.78 is 13.6. The van der Waals surface area contributed by atoms with Gasteiger partial charge in [-0.2, -0.15) is 0 Å². The number of hydrogen-bond acceptors (Lipinski definition) is 5. The van der Waals surface area contributed by atoms with Crippen LogP contribution in [0.1, 0.15) is 26.4 Å². The Balaban J connectivity index is 1.66. The number of carbonyl (C=O) groups excluding carboxylic acids is 1. The topological polar surface area (TPSA) is 85.1 Å². The van der Waals surface area contributed by atoms with E-state index < -0.39 is 10.8 Å². The third kappa shape index (κ3) is 4.09. The summed E-state index contributed by atoms with van der Waals surface area (Å²) in [6.07, 6.45) is 2.15. The third-order valence-electron chi connectivity index (χ3n) is 3.73. The Morgan fingerprint density at radius 3 is 2.65 bits per heavy atom. The smallest absolute Gasteiger partial charge is 0.269 e. The van der Waals surface area contributed by atoms with Gasteiger partial charge in [-0.3, -0.25) is 20.2 Å². The maximum Gasteiger partial charge on any atom is 0.269 e. The summed E-state index contributed by atoms with van der Waals surface area (Å²) in [7, 11) is 0. The van der Waals surface area contributed by atoms with E-state index in [1.807, 2.05) is 6.07 Å². The number of nitro benzene ring substituents is 1. The first-order valence-electron chi connectivity index (χ1n) is 7.68. The summed E-state index contributed by atoms with van der Waals surface area (Å²) in [5.41, 5.74) is 1.63. The SMILES string of the molecule is Cc1ccc(Cc2cnc(NC(=O)c3ccc([N+](=O)[O-])cc3)s2)cc1F. The maximum atomic E-state index is 13.6. The molecule has 0 saturated heterocycles. The number of rotatable bonds is 5. The number of nitro groups is 1. The molecule has 1 N–H and O–H groups in total. The van der Waals surface area contributed by atoms with Gasteiger partial charge in [0, 0.05) is 35.2 Å². The van der Waals surface area contributed by atoms with E-state index in [-0.39, 0.29) is 11.5 Å². The molecular formula is C18H14FN3O3S. The molecule has 8 heteroatoms. The van der Waals surface area contributed by atoms with Crippen molar-refractivity contribution in [2.24, 2.45) is 0 Å². The van der Waals surface area contributed by atoms with Gasteiger partial charge in [-0.25, -0.2) is 9.37 Å². The summed E-state index contributed by atoms with van der Waals surface area (Å²) in [6, 6.07) is 10.4. The monoisotopic (exact) mass is 371 g/mol. The van der Waals surface area contributed by atoms with Crippen LogP contribution in [-0.4, -0.2) is 15.8 Å². The van der Waals surface area contributed by atoms with E-state index in [0.717, 1.165) is 10.4 Å². The molecule has 0 aliphatic carbocycles. The summed E-state index contributed by atoms with van der Waals surface area (Å²) in [5.74, 6) is -0.652. The van der Waals surface area contributed by atoms with Crippen molar-refractivity contribution >= 4 is 28.1 Å². The van der Waals surface area contributed by atoms with Crippen molar-refractivity contribution in [3.63, 3.8) is 0 Å². The van der Waals surface area contributed by atoms with Crippen molar-refractivity contribution in [1.29, 1.82) is 0 Å². The first-order valence-corrected chi connectivity index (χ1v) is 8.49. The highest BCUT2D eigenvalue weighted by Crippen LogP contribution is 2.23. The molecule has 0 saturated carbocycles. The van der Waals surface area contributed by atoms with Crippen molar-refractivity contribution in [2.75, 3.05) is 5.32 Å². The molecule has 2 aromatic carbocycles. The van der Waals surface area contributed by atoms with Crippen LogP contribution in [0, 0.1) is 22.9 Å². The zero-order chi connectivity index (χ0) is 18.7. The van der Waals surface area contributed by atoms with E-state index in [1.54, 1.807) is 19.2 Å². The first kappa shape index (κ1) is 17.7. The Hall–Kier alpha value is -3.13. The Morgan fingerprint density at radius 2 is 2.00 bits per heavy atom. The molecule has 3 rings (SSSR count). The van der Waals surface area contributed by atoms with Gasteiger partial charge < -0.3 is 0 Å². The fourth-order valence-corrected chi connectivity index (χ4v) is 3.14. The molecule has 0 radical (unpaired) electrons. The standard InChI is InChI=1S/C18H14FN3O3S/c1-11-2-3-12(9-16(11)19)8-15-10-20-18(26-15)21-17(23)13-4-6-14(7-5-13)22(24)25/h2-7,9-10H,8H2,1H3,(H,20,21,23). The van der Waals surface area contributed by atoms with E-state index >= 15 is 0 Å². The minimum atomic E-state index is -0.525. The van der Waals surface area contributed by atoms with Gasteiger partial charge in [0.2, 0.25) is 0 Å². The number of aromatic nitrogens is 1. The quantitative estimate of drug-likeness (QED) is 0.534. The van der Waals surface area contributed by atoms with Crippen LogP contribution in [-0.2, 0) is 6.42 Å². The first-order chi connectivity index (χ1) is 12.4. The van der Waals surface area contributed by atoms with Gasteiger partial charge in [-0.1, -0.05) is 12.1 Å². The number of benzene rings is 2. The van der Waals surface area contributed by atoms with Crippen LogP contribution in [0.2, 0.25) is 0 Å². The lowest BCUT2D eigenvalue weighted by atomic mass is 10.1. The van der Waals surface area contributed by atoms with Gasteiger partial charge in [-0.15, -0.1) is 11.3 Å². The second-order valence-electron chi connectivity index (χ2n) is 5.65. The third-order valence-corrected chi connectivity index (χ3v) is 4.64. The lowest BCUT2D eigenvalue weighted by molar-refractivity contribution is -0.384. The number of aryl methyl sites for hydroxylation is 1. The second-order valence-corrected chi connectivity index (χ2v) is 6.77. The Morgan fingerprint density at radius 1 is 1.27 bits per heavy atom. The summed E-state index contributed by atoms with van der Waals surface area (Å²) in [5, 5.41) is 13.7. The molecule has 0 unspecified atom stereocenters. The molecule has 1 heterocycles. The van der Waals surface area contributed by atoms with Gasteiger partial charge in [0.15, 0.2) is 5.13 Å². The van der Waals surface area contributed by atoms with Gasteiger partial charge in [0.05, 0.1) is 4.92 Å². The molecule has 0 aliphatic rings. The molecule has 1 aromatic heterocycles. The lowest BCUT2D eigenvalue weighted by Crippen LogP contribution is -2.11. The number of nitrogens with zero attached hydrogens (tertiary/aromatic N) is 2. The van der Waals surface area contributed by atoms with Crippen molar-refractivity contribution in [3.8, 4) is 0 Å². The van der Waals surface area contributed by atoms with Crippen LogP contribution in [0.5, 0.6) is 0 Å². The van der Waals surface area contributed by atoms with Crippen LogP contribution < -0.4 is 5.32 Å². The van der Waals surface area contributed by atoms with Crippen molar-refractivity contribution in [2.45, 2.75) is 13.3 Å². The highest BCUT2D eigenvalue weighted by Gasteiger charge is 2.12. The normalized spacial score (nSPS) is 10.5. The summed E-state index contributed by atoms with van der Waals surface area (Å²) in [4.78, 5) is 27.3.